The van der Waals surface area contributed by atoms with Gasteiger partial charge in [-0.25, -0.2) is 9.78 Å². The number of para-hydroxylation sites is 2. The van der Waals surface area contributed by atoms with Crippen LogP contribution in [0.25, 0.3) is 11.0 Å². The van der Waals surface area contributed by atoms with Gasteiger partial charge in [-0.05, 0) is 105 Å². The highest BCUT2D eigenvalue weighted by molar-refractivity contribution is 5.85. The summed E-state index contributed by atoms with van der Waals surface area (Å²) in [7, 11) is 3.46. The van der Waals surface area contributed by atoms with Crippen molar-refractivity contribution in [3.63, 3.8) is 0 Å². The summed E-state index contributed by atoms with van der Waals surface area (Å²) in [4.78, 5) is 69.9. The molecule has 1 aromatic carbocycles. The van der Waals surface area contributed by atoms with Gasteiger partial charge in [0.2, 0.25) is 0 Å². The first kappa shape index (κ1) is 50.9. The summed E-state index contributed by atoms with van der Waals surface area (Å²) in [5.41, 5.74) is -0.206. The third-order valence-electron chi connectivity index (χ3n) is 14.9. The quantitative estimate of drug-likeness (QED) is 0.144. The van der Waals surface area contributed by atoms with Crippen molar-refractivity contribution < 1.29 is 52.7 Å². The largest absolute Gasteiger partial charge is 0.461 e. The molecule has 3 saturated heterocycles. The van der Waals surface area contributed by atoms with Gasteiger partial charge in [-0.15, -0.1) is 0 Å². The maximum Gasteiger partial charge on any atom is 0.410 e. The van der Waals surface area contributed by atoms with E-state index in [2.05, 4.69) is 21.5 Å². The Bertz CT molecular complexity index is 2140. The minimum atomic E-state index is -1.45. The van der Waals surface area contributed by atoms with Crippen LogP contribution in [0, 0.1) is 23.7 Å². The Hall–Kier alpha value is -4.48. The molecule has 0 aliphatic carbocycles. The number of pyridine rings is 1. The number of ketones is 1. The Morgan fingerprint density at radius 2 is 1.77 bits per heavy atom. The SMILES string of the molecule is CCN(C)[C@H]1C[C@@H](C)OC(O[C@@H]2[C@@H](C)[C@H](OC(=O)Cc3cccnc3)[C@@H](C)C(=O)O[C@H](C)[C@@]3(C)OC(=O)N(CCCC(C)n4cnc5ccccc54)[C@H]3[C@@H](C)C(=O)[C@H](C)C[C@@]2(C)OC)[C@@H]1O. The van der Waals surface area contributed by atoms with Crippen molar-refractivity contribution in [3.05, 3.63) is 60.7 Å². The molecule has 3 aliphatic rings. The minimum absolute atomic E-state index is 0.0595. The number of carbonyl (C=O) groups excluding carboxylic acids is 4. The number of rotatable bonds is 13. The Morgan fingerprint density at radius 1 is 1.05 bits per heavy atom. The lowest BCUT2D eigenvalue weighted by molar-refractivity contribution is -0.302. The van der Waals surface area contributed by atoms with Crippen molar-refractivity contribution in [1.29, 1.82) is 0 Å². The van der Waals surface area contributed by atoms with E-state index in [1.807, 2.05) is 70.2 Å². The van der Waals surface area contributed by atoms with E-state index in [0.717, 1.165) is 11.0 Å². The Kier molecular flexibility index (Phi) is 16.4. The number of benzene rings is 1. The van der Waals surface area contributed by atoms with Gasteiger partial charge >= 0.3 is 18.0 Å². The van der Waals surface area contributed by atoms with Crippen LogP contribution < -0.4 is 0 Å². The van der Waals surface area contributed by atoms with Crippen molar-refractivity contribution in [1.82, 2.24) is 24.3 Å². The fourth-order valence-electron chi connectivity index (χ4n) is 10.7. The van der Waals surface area contributed by atoms with E-state index in [1.54, 1.807) is 64.0 Å². The van der Waals surface area contributed by atoms with Gasteiger partial charge in [0.1, 0.15) is 24.1 Å². The number of hydrogen-bond donors (Lipinski definition) is 1. The number of aromatic nitrogens is 3. The van der Waals surface area contributed by atoms with Gasteiger partial charge in [-0.1, -0.05) is 45.9 Å². The summed E-state index contributed by atoms with van der Waals surface area (Å²) >= 11 is 0. The number of carbonyl (C=O) groups is 4. The second-order valence-electron chi connectivity index (χ2n) is 19.6. The van der Waals surface area contributed by atoms with E-state index in [0.29, 0.717) is 31.4 Å². The number of ether oxygens (including phenoxy) is 6. The van der Waals surface area contributed by atoms with Gasteiger partial charge in [0, 0.05) is 55.9 Å². The van der Waals surface area contributed by atoms with Crippen LogP contribution in [-0.2, 0) is 49.2 Å². The first-order valence-electron chi connectivity index (χ1n) is 23.7. The van der Waals surface area contributed by atoms with E-state index in [4.69, 9.17) is 28.4 Å². The van der Waals surface area contributed by atoms with Gasteiger partial charge in [0.25, 0.3) is 0 Å². The van der Waals surface area contributed by atoms with Crippen molar-refractivity contribution in [2.75, 3.05) is 27.2 Å². The van der Waals surface area contributed by atoms with E-state index in [1.165, 1.54) is 7.11 Å². The lowest BCUT2D eigenvalue weighted by atomic mass is 9.73. The number of fused-ring (bicyclic) bond motifs is 2. The molecule has 2 unspecified atom stereocenters. The molecule has 364 valence electrons. The molecule has 5 heterocycles. The van der Waals surface area contributed by atoms with Crippen LogP contribution in [0.5, 0.6) is 0 Å². The predicted octanol–water partition coefficient (Wildman–Crippen LogP) is 6.56. The molecule has 16 heteroatoms. The number of methoxy groups -OCH3 is 1. The number of likely N-dealkylation sites (N-methyl/N-ethyl adjacent to an activating group) is 1. The number of esters is 2. The third-order valence-corrected chi connectivity index (χ3v) is 14.9. The number of imidazole rings is 1. The normalized spacial score (nSPS) is 35.2. The summed E-state index contributed by atoms with van der Waals surface area (Å²) < 4.78 is 40.6. The van der Waals surface area contributed by atoms with Crippen LogP contribution in [0.3, 0.4) is 0 Å². The van der Waals surface area contributed by atoms with Crippen molar-refractivity contribution in [2.24, 2.45) is 23.7 Å². The topological polar surface area (TPSA) is 181 Å². The standard InChI is InChI=1S/C50H73N5O11/c1-13-53(11)39-24-31(4)62-47(42(39)58)65-45-33(6)43(64-40(56)25-36-19-16-22-51-27-36)34(7)46(59)63-35(8)50(10)44(32(5)41(57)29(2)26-49(45,9)61-12)54(48(60)66-50)23-17-18-30(3)55-28-52-37-20-14-15-21-38(37)55/h14-16,19-22,27-35,39,42-45,47,58H,13,17-18,23-26H2,1-12H3/t29-,30?,31-,32+,33+,34-,35-,39+,42-,43+,44+,45-,47?,49-,50-/m1/s1. The number of cyclic esters (lactones) is 1. The van der Waals surface area contributed by atoms with Crippen LogP contribution in [0.4, 0.5) is 4.79 Å². The van der Waals surface area contributed by atoms with Gasteiger partial charge in [-0.2, -0.15) is 0 Å². The molecule has 6 rings (SSSR count). The number of amides is 1. The van der Waals surface area contributed by atoms with E-state index in [-0.39, 0.29) is 43.4 Å². The molecular formula is C50H73N5O11. The van der Waals surface area contributed by atoms with Crippen LogP contribution >= 0.6 is 0 Å². The number of nitrogens with zero attached hydrogens (tertiary/aromatic N) is 5. The fourth-order valence-corrected chi connectivity index (χ4v) is 10.7. The predicted molar refractivity (Wildman–Crippen MR) is 246 cm³/mol. The molecule has 16 nitrogen and oxygen atoms in total. The highest BCUT2D eigenvalue weighted by Crippen LogP contribution is 2.43. The average molecular weight is 920 g/mol. The summed E-state index contributed by atoms with van der Waals surface area (Å²) in [6.07, 6.45) is 0.533. The molecule has 2 aromatic heterocycles. The first-order valence-corrected chi connectivity index (χ1v) is 23.7. The second-order valence-corrected chi connectivity index (χ2v) is 19.6. The van der Waals surface area contributed by atoms with E-state index in [9.17, 15) is 24.3 Å². The van der Waals surface area contributed by atoms with Gasteiger partial charge in [-0.3, -0.25) is 19.4 Å². The lowest BCUT2D eigenvalue weighted by Gasteiger charge is -2.48. The number of aliphatic hydroxyl groups excluding tert-OH is 1. The maximum absolute atomic E-state index is 15.0. The summed E-state index contributed by atoms with van der Waals surface area (Å²) in [6, 6.07) is 10.4. The van der Waals surface area contributed by atoms with Crippen molar-refractivity contribution in [2.45, 2.75) is 167 Å². The molecule has 66 heavy (non-hydrogen) atoms. The molecule has 1 N–H and O–H groups in total. The zero-order chi connectivity index (χ0) is 48.2. The van der Waals surface area contributed by atoms with Crippen molar-refractivity contribution >= 4 is 34.8 Å². The van der Waals surface area contributed by atoms with Crippen LogP contribution in [0.15, 0.2) is 55.1 Å². The Morgan fingerprint density at radius 3 is 2.45 bits per heavy atom. The highest BCUT2D eigenvalue weighted by Gasteiger charge is 2.60. The number of Topliss-reactive ketones (excluding diaryl/α,β-unsaturated/α-hetero) is 1. The minimum Gasteiger partial charge on any atom is -0.461 e. The maximum atomic E-state index is 15.0. The number of hydrogen-bond acceptors (Lipinski definition) is 14. The Labute approximate surface area is 390 Å². The second kappa shape index (κ2) is 21.2. The van der Waals surface area contributed by atoms with Crippen LogP contribution in [0.1, 0.15) is 107 Å². The van der Waals surface area contributed by atoms with E-state index >= 15 is 0 Å². The summed E-state index contributed by atoms with van der Waals surface area (Å²) in [6.45, 7) is 19.3. The smallest absolute Gasteiger partial charge is 0.410 e. The first-order chi connectivity index (χ1) is 31.2. The lowest BCUT2D eigenvalue weighted by Crippen LogP contribution is -2.61. The highest BCUT2D eigenvalue weighted by atomic mass is 16.7. The van der Waals surface area contributed by atoms with Gasteiger partial charge < -0.3 is 47.9 Å². The van der Waals surface area contributed by atoms with Crippen LogP contribution in [-0.4, -0.2) is 141 Å². The molecule has 0 spiro atoms. The van der Waals surface area contributed by atoms with Crippen LogP contribution in [0.2, 0.25) is 0 Å². The molecule has 15 atom stereocenters. The molecule has 0 radical (unpaired) electrons. The fraction of sp³-hybridized carbons (Fsp3) is 0.680. The van der Waals surface area contributed by atoms with Crippen molar-refractivity contribution in [3.8, 4) is 0 Å². The number of aliphatic hydroxyl groups is 1. The Balaban J connectivity index is 1.36. The zero-order valence-electron chi connectivity index (χ0n) is 40.9. The van der Waals surface area contributed by atoms with Gasteiger partial charge in [0.15, 0.2) is 11.9 Å². The molecule has 3 aliphatic heterocycles. The molecule has 3 aromatic rings. The molecule has 0 bridgehead atoms. The third kappa shape index (κ3) is 10.6. The summed E-state index contributed by atoms with van der Waals surface area (Å²) in [5, 5.41) is 11.9. The zero-order valence-corrected chi connectivity index (χ0v) is 40.9. The molecular weight excluding hydrogens is 847 g/mol. The molecule has 0 saturated carbocycles. The van der Waals surface area contributed by atoms with E-state index < -0.39 is 89.7 Å². The molecule has 3 fully saturated rings. The van der Waals surface area contributed by atoms with Gasteiger partial charge in [0.05, 0.1) is 53.6 Å². The summed E-state index contributed by atoms with van der Waals surface area (Å²) in [5.74, 6) is -4.82. The molecule has 1 amide bonds. The monoisotopic (exact) mass is 920 g/mol. The average Bonchev–Trinajstić information content (AvgIpc) is 3.84.